The van der Waals surface area contributed by atoms with E-state index in [2.05, 4.69) is 5.10 Å². The van der Waals surface area contributed by atoms with Gasteiger partial charge in [0.1, 0.15) is 0 Å². The molecule has 3 heteroatoms. The Morgan fingerprint density at radius 3 is 3.00 bits per heavy atom. The molecule has 0 aliphatic rings. The van der Waals surface area contributed by atoms with Crippen molar-refractivity contribution in [3.8, 4) is 0 Å². The molecule has 0 unspecified atom stereocenters. The molecule has 0 spiro atoms. The van der Waals surface area contributed by atoms with Crippen molar-refractivity contribution in [1.82, 2.24) is 9.78 Å². The third-order valence-corrected chi connectivity index (χ3v) is 1.94. The first-order valence-corrected chi connectivity index (χ1v) is 3.73. The normalized spacial score (nSPS) is 10.7. The van der Waals surface area contributed by atoms with Crippen LogP contribution in [0.3, 0.4) is 0 Å². The van der Waals surface area contributed by atoms with Gasteiger partial charge in [-0.25, -0.2) is 0 Å². The molecule has 1 heterocycles. The van der Waals surface area contributed by atoms with Crippen LogP contribution in [0.5, 0.6) is 0 Å². The average Bonchev–Trinajstić information content (AvgIpc) is 2.31. The molecule has 2 rings (SSSR count). The Bertz CT molecular complexity index is 392. The molecule has 2 aromatic rings. The van der Waals surface area contributed by atoms with Crippen molar-refractivity contribution in [1.29, 1.82) is 0 Å². The van der Waals surface area contributed by atoms with E-state index >= 15 is 0 Å². The summed E-state index contributed by atoms with van der Waals surface area (Å²) in [5.74, 6) is 0. The molecule has 1 aromatic heterocycles. The Morgan fingerprint density at radius 2 is 2.27 bits per heavy atom. The van der Waals surface area contributed by atoms with Crippen molar-refractivity contribution in [3.63, 3.8) is 0 Å². The van der Waals surface area contributed by atoms with Crippen LogP contribution in [0.4, 0.5) is 0 Å². The first kappa shape index (κ1) is 6.68. The summed E-state index contributed by atoms with van der Waals surface area (Å²) in [6.07, 6.45) is 1.91. The Hall–Kier alpha value is -1.02. The lowest BCUT2D eigenvalue weighted by Gasteiger charge is -1.87. The quantitative estimate of drug-likeness (QED) is 0.587. The minimum atomic E-state index is 0.760. The molecule has 0 N–H and O–H groups in total. The van der Waals surface area contributed by atoms with Crippen LogP contribution in [-0.2, 0) is 7.05 Å². The SMILES string of the molecule is Cn1cc2c(Cl)cccc2n1. The van der Waals surface area contributed by atoms with Crippen LogP contribution >= 0.6 is 11.6 Å². The molecule has 0 aliphatic carbocycles. The van der Waals surface area contributed by atoms with Crippen molar-refractivity contribution in [2.24, 2.45) is 7.05 Å². The predicted molar refractivity (Wildman–Crippen MR) is 45.7 cm³/mol. The van der Waals surface area contributed by atoms with Gasteiger partial charge in [0.2, 0.25) is 0 Å². The lowest BCUT2D eigenvalue weighted by atomic mass is 10.3. The van der Waals surface area contributed by atoms with Crippen LogP contribution < -0.4 is 0 Å². The number of hydrogen-bond acceptors (Lipinski definition) is 1. The predicted octanol–water partition coefficient (Wildman–Crippen LogP) is 2.23. The van der Waals surface area contributed by atoms with Gasteiger partial charge in [0.15, 0.2) is 0 Å². The van der Waals surface area contributed by atoms with E-state index in [0.717, 1.165) is 15.9 Å². The maximum Gasteiger partial charge on any atom is 0.0938 e. The highest BCUT2D eigenvalue weighted by Gasteiger charge is 2.00. The lowest BCUT2D eigenvalue weighted by molar-refractivity contribution is 0.780. The van der Waals surface area contributed by atoms with Crippen molar-refractivity contribution in [3.05, 3.63) is 29.4 Å². The summed E-state index contributed by atoms with van der Waals surface area (Å²) < 4.78 is 1.76. The number of aromatic nitrogens is 2. The van der Waals surface area contributed by atoms with Crippen molar-refractivity contribution < 1.29 is 0 Å². The van der Waals surface area contributed by atoms with Crippen molar-refractivity contribution in [2.75, 3.05) is 0 Å². The number of rotatable bonds is 0. The second kappa shape index (κ2) is 2.24. The highest BCUT2D eigenvalue weighted by atomic mass is 35.5. The fraction of sp³-hybridized carbons (Fsp3) is 0.125. The molecule has 2 nitrogen and oxygen atoms in total. The largest absolute Gasteiger partial charge is 0.275 e. The summed E-state index contributed by atoms with van der Waals surface area (Å²) in [7, 11) is 1.89. The number of hydrogen-bond donors (Lipinski definition) is 0. The molecular formula is C8H7ClN2. The average molecular weight is 167 g/mol. The van der Waals surface area contributed by atoms with E-state index in [1.807, 2.05) is 31.4 Å². The van der Waals surface area contributed by atoms with Crippen LogP contribution in [0.2, 0.25) is 5.02 Å². The maximum absolute atomic E-state index is 5.92. The summed E-state index contributed by atoms with van der Waals surface area (Å²) in [4.78, 5) is 0. The van der Waals surface area contributed by atoms with Gasteiger partial charge in [-0.15, -0.1) is 0 Å². The second-order valence-corrected chi connectivity index (χ2v) is 2.88. The second-order valence-electron chi connectivity index (χ2n) is 2.48. The third-order valence-electron chi connectivity index (χ3n) is 1.61. The van der Waals surface area contributed by atoms with E-state index in [4.69, 9.17) is 11.6 Å². The minimum absolute atomic E-state index is 0.760. The third kappa shape index (κ3) is 0.994. The number of benzene rings is 1. The van der Waals surface area contributed by atoms with E-state index < -0.39 is 0 Å². The molecule has 1 aromatic carbocycles. The number of aryl methyl sites for hydroxylation is 1. The number of nitrogens with zero attached hydrogens (tertiary/aromatic N) is 2. The van der Waals surface area contributed by atoms with Gasteiger partial charge in [0.05, 0.1) is 10.5 Å². The molecule has 0 amide bonds. The Labute approximate surface area is 69.4 Å². The molecule has 0 fully saturated rings. The zero-order chi connectivity index (χ0) is 7.84. The summed E-state index contributed by atoms with van der Waals surface area (Å²) in [5, 5.41) is 5.98. The Balaban J connectivity index is 2.90. The molecule has 0 radical (unpaired) electrons. The standard InChI is InChI=1S/C8H7ClN2/c1-11-5-6-7(9)3-2-4-8(6)10-11/h2-5H,1H3. The zero-order valence-corrected chi connectivity index (χ0v) is 6.84. The van der Waals surface area contributed by atoms with Gasteiger partial charge < -0.3 is 0 Å². The van der Waals surface area contributed by atoms with E-state index in [1.54, 1.807) is 4.68 Å². The van der Waals surface area contributed by atoms with Gasteiger partial charge in [-0.2, -0.15) is 5.10 Å². The molecule has 56 valence electrons. The van der Waals surface area contributed by atoms with Crippen molar-refractivity contribution >= 4 is 22.5 Å². The fourth-order valence-corrected chi connectivity index (χ4v) is 1.34. The zero-order valence-electron chi connectivity index (χ0n) is 6.08. The van der Waals surface area contributed by atoms with E-state index in [1.165, 1.54) is 0 Å². The van der Waals surface area contributed by atoms with Gasteiger partial charge in [-0.05, 0) is 12.1 Å². The van der Waals surface area contributed by atoms with E-state index in [0.29, 0.717) is 0 Å². The van der Waals surface area contributed by atoms with Crippen molar-refractivity contribution in [2.45, 2.75) is 0 Å². The summed E-state index contributed by atoms with van der Waals surface area (Å²) in [6.45, 7) is 0. The highest BCUT2D eigenvalue weighted by molar-refractivity contribution is 6.35. The maximum atomic E-state index is 5.92. The van der Waals surface area contributed by atoms with E-state index in [-0.39, 0.29) is 0 Å². The van der Waals surface area contributed by atoms with Crippen LogP contribution in [-0.4, -0.2) is 9.78 Å². The van der Waals surface area contributed by atoms with Gasteiger partial charge >= 0.3 is 0 Å². The monoisotopic (exact) mass is 166 g/mol. The van der Waals surface area contributed by atoms with Crippen LogP contribution in [0.1, 0.15) is 0 Å². The van der Waals surface area contributed by atoms with Gasteiger partial charge in [-0.3, -0.25) is 4.68 Å². The molecule has 0 saturated carbocycles. The van der Waals surface area contributed by atoms with Gasteiger partial charge in [0.25, 0.3) is 0 Å². The number of fused-ring (bicyclic) bond motifs is 1. The Morgan fingerprint density at radius 1 is 1.45 bits per heavy atom. The Kier molecular flexibility index (Phi) is 1.36. The molecule has 11 heavy (non-hydrogen) atoms. The fourth-order valence-electron chi connectivity index (χ4n) is 1.13. The molecular weight excluding hydrogens is 160 g/mol. The van der Waals surface area contributed by atoms with Gasteiger partial charge in [0, 0.05) is 18.6 Å². The van der Waals surface area contributed by atoms with Crippen LogP contribution in [0.25, 0.3) is 10.9 Å². The highest BCUT2D eigenvalue weighted by Crippen LogP contribution is 2.20. The smallest absolute Gasteiger partial charge is 0.0938 e. The van der Waals surface area contributed by atoms with E-state index in [9.17, 15) is 0 Å². The van der Waals surface area contributed by atoms with Gasteiger partial charge in [-0.1, -0.05) is 17.7 Å². The first-order valence-electron chi connectivity index (χ1n) is 3.35. The number of halogens is 1. The van der Waals surface area contributed by atoms with Crippen LogP contribution in [0, 0.1) is 0 Å². The lowest BCUT2D eigenvalue weighted by Crippen LogP contribution is -1.84. The molecule has 0 bridgehead atoms. The minimum Gasteiger partial charge on any atom is -0.275 e. The first-order chi connectivity index (χ1) is 5.27. The van der Waals surface area contributed by atoms with Crippen LogP contribution in [0.15, 0.2) is 24.4 Å². The molecule has 0 aliphatic heterocycles. The topological polar surface area (TPSA) is 17.8 Å². The summed E-state index contributed by atoms with van der Waals surface area (Å²) in [6, 6.07) is 5.71. The molecule has 0 saturated heterocycles. The summed E-state index contributed by atoms with van der Waals surface area (Å²) in [5.41, 5.74) is 0.944. The molecule has 0 atom stereocenters. The summed E-state index contributed by atoms with van der Waals surface area (Å²) >= 11 is 5.92.